The number of amides is 2. The first-order valence-electron chi connectivity index (χ1n) is 8.26. The number of aromatic nitrogens is 2. The first-order chi connectivity index (χ1) is 12.5. The molecule has 134 valence electrons. The van der Waals surface area contributed by atoms with Crippen LogP contribution in [0.5, 0.6) is 0 Å². The lowest BCUT2D eigenvalue weighted by molar-refractivity contribution is 0.251. The molecule has 0 aliphatic heterocycles. The zero-order valence-electron chi connectivity index (χ0n) is 14.5. The van der Waals surface area contributed by atoms with Gasteiger partial charge in [-0.2, -0.15) is 4.98 Å². The standard InChI is InChI=1S/C19H19ClN4O2/c1-12(2)11-21-19(25)22-16-8-4-5-13(10-16)17-23-18(26-24-17)14-6-3-7-15(20)9-14/h3-10,12H,11H2,1-2H3,(H2,21,22,25). The largest absolute Gasteiger partial charge is 0.338 e. The number of nitrogens with one attached hydrogen (secondary N) is 2. The maximum Gasteiger partial charge on any atom is 0.319 e. The van der Waals surface area contributed by atoms with E-state index in [4.69, 9.17) is 16.1 Å². The Bertz CT molecular complexity index is 908. The minimum Gasteiger partial charge on any atom is -0.338 e. The third kappa shape index (κ3) is 4.61. The Hall–Kier alpha value is -2.86. The van der Waals surface area contributed by atoms with Crippen molar-refractivity contribution in [3.05, 3.63) is 53.6 Å². The fourth-order valence-corrected chi connectivity index (χ4v) is 2.48. The van der Waals surface area contributed by atoms with E-state index in [1.54, 1.807) is 24.3 Å². The summed E-state index contributed by atoms with van der Waals surface area (Å²) in [6.45, 7) is 4.68. The lowest BCUT2D eigenvalue weighted by atomic mass is 10.2. The van der Waals surface area contributed by atoms with Crippen molar-refractivity contribution in [2.45, 2.75) is 13.8 Å². The average Bonchev–Trinajstić information content (AvgIpc) is 3.10. The summed E-state index contributed by atoms with van der Waals surface area (Å²) in [5.74, 6) is 1.21. The van der Waals surface area contributed by atoms with Crippen LogP contribution in [0.25, 0.3) is 22.8 Å². The second-order valence-electron chi connectivity index (χ2n) is 6.24. The van der Waals surface area contributed by atoms with Crippen molar-refractivity contribution in [2.24, 2.45) is 5.92 Å². The van der Waals surface area contributed by atoms with Crippen molar-refractivity contribution in [3.8, 4) is 22.8 Å². The summed E-state index contributed by atoms with van der Waals surface area (Å²) in [6, 6.07) is 14.2. The fourth-order valence-electron chi connectivity index (χ4n) is 2.29. The summed E-state index contributed by atoms with van der Waals surface area (Å²) in [6.07, 6.45) is 0. The van der Waals surface area contributed by atoms with E-state index in [1.807, 2.05) is 38.1 Å². The molecule has 0 aliphatic rings. The lowest BCUT2D eigenvalue weighted by Gasteiger charge is -2.09. The minimum absolute atomic E-state index is 0.247. The Labute approximate surface area is 156 Å². The number of carbonyl (C=O) groups is 1. The Morgan fingerprint density at radius 1 is 1.15 bits per heavy atom. The normalized spacial score (nSPS) is 10.8. The van der Waals surface area contributed by atoms with Gasteiger partial charge in [0.2, 0.25) is 5.82 Å². The molecule has 0 saturated carbocycles. The SMILES string of the molecule is CC(C)CNC(=O)Nc1cccc(-c2noc(-c3cccc(Cl)c3)n2)c1. The molecule has 0 radical (unpaired) electrons. The molecule has 1 aromatic heterocycles. The maximum absolute atomic E-state index is 11.9. The van der Waals surface area contributed by atoms with Gasteiger partial charge in [-0.15, -0.1) is 0 Å². The first-order valence-corrected chi connectivity index (χ1v) is 8.64. The minimum atomic E-state index is -0.247. The van der Waals surface area contributed by atoms with E-state index in [2.05, 4.69) is 20.8 Å². The van der Waals surface area contributed by atoms with E-state index in [-0.39, 0.29) is 6.03 Å². The van der Waals surface area contributed by atoms with Gasteiger partial charge in [-0.3, -0.25) is 0 Å². The van der Waals surface area contributed by atoms with Crippen LogP contribution >= 0.6 is 11.6 Å². The average molecular weight is 371 g/mol. The molecule has 2 N–H and O–H groups in total. The van der Waals surface area contributed by atoms with E-state index in [0.717, 1.165) is 11.1 Å². The lowest BCUT2D eigenvalue weighted by Crippen LogP contribution is -2.31. The van der Waals surface area contributed by atoms with Crippen LogP contribution in [-0.2, 0) is 0 Å². The number of halogens is 1. The predicted octanol–water partition coefficient (Wildman–Crippen LogP) is 4.83. The number of hydrogen-bond acceptors (Lipinski definition) is 4. The van der Waals surface area contributed by atoms with Crippen LogP contribution in [-0.4, -0.2) is 22.7 Å². The molecule has 0 atom stereocenters. The second-order valence-corrected chi connectivity index (χ2v) is 6.68. The summed E-state index contributed by atoms with van der Waals surface area (Å²) in [5.41, 5.74) is 2.14. The third-order valence-corrected chi connectivity index (χ3v) is 3.78. The topological polar surface area (TPSA) is 80.0 Å². The van der Waals surface area contributed by atoms with Gasteiger partial charge in [0, 0.05) is 28.4 Å². The highest BCUT2D eigenvalue weighted by atomic mass is 35.5. The fraction of sp³-hybridized carbons (Fsp3) is 0.211. The Balaban J connectivity index is 1.75. The number of rotatable bonds is 5. The highest BCUT2D eigenvalue weighted by Crippen LogP contribution is 2.25. The molecule has 26 heavy (non-hydrogen) atoms. The maximum atomic E-state index is 11.9. The first kappa shape index (κ1) is 17.9. The molecule has 7 heteroatoms. The van der Waals surface area contributed by atoms with Crippen LogP contribution in [0.1, 0.15) is 13.8 Å². The highest BCUT2D eigenvalue weighted by Gasteiger charge is 2.12. The molecular weight excluding hydrogens is 352 g/mol. The Kier molecular flexibility index (Phi) is 5.53. The van der Waals surface area contributed by atoms with Gasteiger partial charge < -0.3 is 15.2 Å². The molecule has 0 unspecified atom stereocenters. The summed E-state index contributed by atoms with van der Waals surface area (Å²) < 4.78 is 5.33. The van der Waals surface area contributed by atoms with Crippen molar-refractivity contribution in [1.29, 1.82) is 0 Å². The summed E-state index contributed by atoms with van der Waals surface area (Å²) in [4.78, 5) is 16.3. The van der Waals surface area contributed by atoms with Crippen molar-refractivity contribution >= 4 is 23.3 Å². The van der Waals surface area contributed by atoms with Gasteiger partial charge in [0.05, 0.1) is 0 Å². The molecule has 0 fully saturated rings. The molecule has 2 amide bonds. The molecule has 0 spiro atoms. The van der Waals surface area contributed by atoms with Crippen LogP contribution in [0.4, 0.5) is 10.5 Å². The van der Waals surface area contributed by atoms with Gasteiger partial charge in [0.15, 0.2) is 0 Å². The molecule has 2 aromatic carbocycles. The number of benzene rings is 2. The van der Waals surface area contributed by atoms with E-state index in [1.165, 1.54) is 0 Å². The molecule has 3 aromatic rings. The van der Waals surface area contributed by atoms with Crippen molar-refractivity contribution < 1.29 is 9.32 Å². The zero-order valence-corrected chi connectivity index (χ0v) is 15.2. The molecule has 6 nitrogen and oxygen atoms in total. The zero-order chi connectivity index (χ0) is 18.5. The van der Waals surface area contributed by atoms with E-state index in [9.17, 15) is 4.79 Å². The van der Waals surface area contributed by atoms with Gasteiger partial charge in [0.1, 0.15) is 0 Å². The van der Waals surface area contributed by atoms with Gasteiger partial charge in [-0.1, -0.05) is 48.8 Å². The smallest absolute Gasteiger partial charge is 0.319 e. The van der Waals surface area contributed by atoms with Gasteiger partial charge in [-0.25, -0.2) is 4.79 Å². The summed E-state index contributed by atoms with van der Waals surface area (Å²) in [7, 11) is 0. The van der Waals surface area contributed by atoms with Crippen LogP contribution in [0.2, 0.25) is 5.02 Å². The number of hydrogen-bond donors (Lipinski definition) is 2. The van der Waals surface area contributed by atoms with Crippen molar-refractivity contribution in [2.75, 3.05) is 11.9 Å². The molecule has 3 rings (SSSR count). The molecule has 0 bridgehead atoms. The Morgan fingerprint density at radius 3 is 2.69 bits per heavy atom. The highest BCUT2D eigenvalue weighted by molar-refractivity contribution is 6.30. The molecular formula is C19H19ClN4O2. The van der Waals surface area contributed by atoms with Crippen LogP contribution in [0.15, 0.2) is 53.1 Å². The second kappa shape index (κ2) is 8.01. The van der Waals surface area contributed by atoms with E-state index < -0.39 is 0 Å². The number of urea groups is 1. The van der Waals surface area contributed by atoms with Gasteiger partial charge >= 0.3 is 6.03 Å². The van der Waals surface area contributed by atoms with Gasteiger partial charge in [0.25, 0.3) is 5.89 Å². The molecule has 0 saturated heterocycles. The summed E-state index contributed by atoms with van der Waals surface area (Å²) >= 11 is 6.00. The number of carbonyl (C=O) groups excluding carboxylic acids is 1. The summed E-state index contributed by atoms with van der Waals surface area (Å²) in [5, 5.41) is 10.2. The van der Waals surface area contributed by atoms with Gasteiger partial charge in [-0.05, 0) is 36.2 Å². The predicted molar refractivity (Wildman–Crippen MR) is 102 cm³/mol. The van der Waals surface area contributed by atoms with Crippen LogP contribution in [0.3, 0.4) is 0 Å². The van der Waals surface area contributed by atoms with Crippen LogP contribution < -0.4 is 10.6 Å². The Morgan fingerprint density at radius 2 is 1.92 bits per heavy atom. The number of nitrogens with zero attached hydrogens (tertiary/aromatic N) is 2. The quantitative estimate of drug-likeness (QED) is 0.673. The van der Waals surface area contributed by atoms with Crippen LogP contribution in [0, 0.1) is 5.92 Å². The monoisotopic (exact) mass is 370 g/mol. The van der Waals surface area contributed by atoms with E-state index >= 15 is 0 Å². The third-order valence-electron chi connectivity index (χ3n) is 3.55. The number of anilines is 1. The van der Waals surface area contributed by atoms with Crippen molar-refractivity contribution in [3.63, 3.8) is 0 Å². The van der Waals surface area contributed by atoms with Crippen molar-refractivity contribution in [1.82, 2.24) is 15.5 Å². The molecule has 0 aliphatic carbocycles. The van der Waals surface area contributed by atoms with E-state index in [0.29, 0.717) is 34.9 Å². The molecule has 1 heterocycles.